The molecule has 1 aliphatic heterocycles. The number of aryl methyl sites for hydroxylation is 1. The molecular weight excluding hydrogens is 222 g/mol. The van der Waals surface area contributed by atoms with Crippen LogP contribution in [-0.4, -0.2) is 6.04 Å². The average Bonchev–Trinajstić information content (AvgIpc) is 2.75. The zero-order valence-corrected chi connectivity index (χ0v) is 10.3. The first-order chi connectivity index (χ1) is 8.83. The lowest BCUT2D eigenvalue weighted by Gasteiger charge is -2.32. The Labute approximate surface area is 107 Å². The maximum absolute atomic E-state index is 6.25. The number of rotatable bonds is 0. The zero-order chi connectivity index (χ0) is 12.1. The average molecular weight is 237 g/mol. The Kier molecular flexibility index (Phi) is 1.95. The van der Waals surface area contributed by atoms with Crippen molar-refractivity contribution in [3.05, 3.63) is 59.2 Å². The van der Waals surface area contributed by atoms with Gasteiger partial charge in [0.25, 0.3) is 0 Å². The largest absolute Gasteiger partial charge is 0.481 e. The Morgan fingerprint density at radius 3 is 2.94 bits per heavy atom. The Hall–Kier alpha value is -1.96. The van der Waals surface area contributed by atoms with Gasteiger partial charge < -0.3 is 10.1 Å². The topological polar surface area (TPSA) is 21.3 Å². The number of para-hydroxylation sites is 1. The van der Waals surface area contributed by atoms with Crippen molar-refractivity contribution in [1.29, 1.82) is 0 Å². The van der Waals surface area contributed by atoms with Gasteiger partial charge in [0.05, 0.1) is 11.7 Å². The Morgan fingerprint density at radius 2 is 2.00 bits per heavy atom. The van der Waals surface area contributed by atoms with Gasteiger partial charge >= 0.3 is 0 Å². The second-order valence-corrected chi connectivity index (χ2v) is 5.14. The van der Waals surface area contributed by atoms with Crippen molar-refractivity contribution < 1.29 is 4.74 Å². The predicted octanol–water partition coefficient (Wildman–Crippen LogP) is 3.47. The summed E-state index contributed by atoms with van der Waals surface area (Å²) in [6.07, 6.45) is 1.21. The smallest absolute Gasteiger partial charge is 0.146 e. The van der Waals surface area contributed by atoms with Gasteiger partial charge in [0.1, 0.15) is 11.9 Å². The lowest BCUT2D eigenvalue weighted by Crippen LogP contribution is -2.32. The number of ether oxygens (including phenoxy) is 1. The molecular formula is C16H15NO. The van der Waals surface area contributed by atoms with Crippen molar-refractivity contribution >= 4 is 5.69 Å². The second-order valence-electron chi connectivity index (χ2n) is 5.14. The summed E-state index contributed by atoms with van der Waals surface area (Å²) < 4.78 is 6.25. The molecule has 0 bridgehead atoms. The molecule has 0 spiro atoms. The van der Waals surface area contributed by atoms with Crippen LogP contribution in [0, 0.1) is 6.92 Å². The van der Waals surface area contributed by atoms with Gasteiger partial charge in [-0.1, -0.05) is 36.4 Å². The molecule has 0 radical (unpaired) electrons. The van der Waals surface area contributed by atoms with Crippen LogP contribution in [0.25, 0.3) is 0 Å². The summed E-state index contributed by atoms with van der Waals surface area (Å²) in [5.41, 5.74) is 5.07. The summed E-state index contributed by atoms with van der Waals surface area (Å²) in [5, 5.41) is 3.62. The van der Waals surface area contributed by atoms with Crippen molar-refractivity contribution in [2.45, 2.75) is 25.5 Å². The number of fused-ring (bicyclic) bond motifs is 4. The molecule has 0 saturated heterocycles. The minimum Gasteiger partial charge on any atom is -0.481 e. The standard InChI is InChI=1S/C16H15NO/c1-10-5-4-8-13-15(10)18-16-12-7-3-2-6-11(12)9-14(16)17-13/h2-8,14,16-17H,9H2,1H3. The van der Waals surface area contributed by atoms with Crippen LogP contribution in [-0.2, 0) is 6.42 Å². The minimum atomic E-state index is 0.162. The van der Waals surface area contributed by atoms with E-state index in [0.717, 1.165) is 17.9 Å². The lowest BCUT2D eigenvalue weighted by atomic mass is 10.1. The highest BCUT2D eigenvalue weighted by Crippen LogP contribution is 2.44. The van der Waals surface area contributed by atoms with Crippen LogP contribution in [0.5, 0.6) is 5.75 Å². The van der Waals surface area contributed by atoms with Gasteiger partial charge in [0, 0.05) is 0 Å². The molecule has 2 aromatic carbocycles. The van der Waals surface area contributed by atoms with Crippen LogP contribution in [0.4, 0.5) is 5.69 Å². The van der Waals surface area contributed by atoms with Gasteiger partial charge in [-0.25, -0.2) is 0 Å². The molecule has 2 aromatic rings. The van der Waals surface area contributed by atoms with E-state index >= 15 is 0 Å². The summed E-state index contributed by atoms with van der Waals surface area (Å²) >= 11 is 0. The predicted molar refractivity (Wildman–Crippen MR) is 72.1 cm³/mol. The molecule has 2 heteroatoms. The highest BCUT2D eigenvalue weighted by atomic mass is 16.5. The van der Waals surface area contributed by atoms with E-state index in [4.69, 9.17) is 4.74 Å². The fourth-order valence-electron chi connectivity index (χ4n) is 3.08. The van der Waals surface area contributed by atoms with E-state index in [-0.39, 0.29) is 6.10 Å². The molecule has 1 aliphatic carbocycles. The molecule has 2 atom stereocenters. The van der Waals surface area contributed by atoms with E-state index in [1.807, 2.05) is 0 Å². The molecule has 0 aromatic heterocycles. The van der Waals surface area contributed by atoms with Gasteiger partial charge in [-0.3, -0.25) is 0 Å². The van der Waals surface area contributed by atoms with Crippen molar-refractivity contribution in [2.24, 2.45) is 0 Å². The highest BCUT2D eigenvalue weighted by Gasteiger charge is 2.37. The van der Waals surface area contributed by atoms with Gasteiger partial charge in [-0.15, -0.1) is 0 Å². The van der Waals surface area contributed by atoms with Crippen LogP contribution >= 0.6 is 0 Å². The fourth-order valence-corrected chi connectivity index (χ4v) is 3.08. The van der Waals surface area contributed by atoms with Crippen molar-refractivity contribution in [1.82, 2.24) is 0 Å². The SMILES string of the molecule is Cc1cccc2c1OC1c3ccccc3CC1N2. The van der Waals surface area contributed by atoms with Crippen LogP contribution in [0.1, 0.15) is 22.8 Å². The van der Waals surface area contributed by atoms with E-state index in [1.54, 1.807) is 0 Å². The van der Waals surface area contributed by atoms with E-state index in [0.29, 0.717) is 6.04 Å². The van der Waals surface area contributed by atoms with Gasteiger partial charge in [0.15, 0.2) is 0 Å². The molecule has 0 amide bonds. The molecule has 2 aliphatic rings. The number of nitrogens with one attached hydrogen (secondary N) is 1. The van der Waals surface area contributed by atoms with Crippen molar-refractivity contribution in [2.75, 3.05) is 5.32 Å². The van der Waals surface area contributed by atoms with Crippen LogP contribution in [0.15, 0.2) is 42.5 Å². The Balaban J connectivity index is 1.81. The van der Waals surface area contributed by atoms with Gasteiger partial charge in [0.2, 0.25) is 0 Å². The van der Waals surface area contributed by atoms with Crippen LogP contribution in [0.3, 0.4) is 0 Å². The molecule has 1 N–H and O–H groups in total. The summed E-state index contributed by atoms with van der Waals surface area (Å²) in [6.45, 7) is 2.10. The second kappa shape index (κ2) is 3.52. The molecule has 0 saturated carbocycles. The molecule has 2 nitrogen and oxygen atoms in total. The first kappa shape index (κ1) is 10.0. The quantitative estimate of drug-likeness (QED) is 0.757. The number of anilines is 1. The molecule has 90 valence electrons. The number of hydrogen-bond acceptors (Lipinski definition) is 2. The normalized spacial score (nSPS) is 23.4. The van der Waals surface area contributed by atoms with Crippen molar-refractivity contribution in [3.63, 3.8) is 0 Å². The first-order valence-electron chi connectivity index (χ1n) is 6.43. The highest BCUT2D eigenvalue weighted by molar-refractivity contribution is 5.63. The number of hydrogen-bond donors (Lipinski definition) is 1. The van der Waals surface area contributed by atoms with E-state index in [2.05, 4.69) is 54.7 Å². The third kappa shape index (κ3) is 1.29. The molecule has 0 fully saturated rings. The number of benzene rings is 2. The van der Waals surface area contributed by atoms with Gasteiger partial charge in [-0.05, 0) is 36.1 Å². The molecule has 4 rings (SSSR count). The third-order valence-electron chi connectivity index (χ3n) is 3.96. The first-order valence-corrected chi connectivity index (χ1v) is 6.43. The Bertz CT molecular complexity index is 620. The molecule has 1 heterocycles. The Morgan fingerprint density at radius 1 is 1.11 bits per heavy atom. The van der Waals surface area contributed by atoms with E-state index < -0.39 is 0 Å². The molecule has 2 unspecified atom stereocenters. The maximum atomic E-state index is 6.25. The summed E-state index contributed by atoms with van der Waals surface area (Å²) in [6, 6.07) is 15.2. The summed E-state index contributed by atoms with van der Waals surface area (Å²) in [4.78, 5) is 0. The zero-order valence-electron chi connectivity index (χ0n) is 10.3. The minimum absolute atomic E-state index is 0.162. The third-order valence-corrected chi connectivity index (χ3v) is 3.96. The van der Waals surface area contributed by atoms with E-state index in [9.17, 15) is 0 Å². The lowest BCUT2D eigenvalue weighted by molar-refractivity contribution is 0.182. The summed E-state index contributed by atoms with van der Waals surface area (Å²) in [5.74, 6) is 1.01. The van der Waals surface area contributed by atoms with E-state index in [1.165, 1.54) is 16.7 Å². The maximum Gasteiger partial charge on any atom is 0.146 e. The van der Waals surface area contributed by atoms with Crippen LogP contribution in [0.2, 0.25) is 0 Å². The van der Waals surface area contributed by atoms with Gasteiger partial charge in [-0.2, -0.15) is 0 Å². The molecule has 18 heavy (non-hydrogen) atoms. The fraction of sp³-hybridized carbons (Fsp3) is 0.250. The monoisotopic (exact) mass is 237 g/mol. The van der Waals surface area contributed by atoms with Crippen molar-refractivity contribution in [3.8, 4) is 5.75 Å². The summed E-state index contributed by atoms with van der Waals surface area (Å²) in [7, 11) is 0. The van der Waals surface area contributed by atoms with Crippen LogP contribution < -0.4 is 10.1 Å².